The molecule has 0 amide bonds. The number of hydrogen-bond acceptors (Lipinski definition) is 4. The zero-order valence-electron chi connectivity index (χ0n) is 7.69. The van der Waals surface area contributed by atoms with E-state index in [4.69, 9.17) is 11.0 Å². The molecule has 0 radical (unpaired) electrons. The second kappa shape index (κ2) is 3.68. The first-order valence-corrected chi connectivity index (χ1v) is 5.94. The standard InChI is InChI=1S/C9H10N2O2S/c1-14(12,13)6-8-4-9(11)3-2-7(8)5-10/h2-4H,6,11H2,1H3. The molecule has 0 fully saturated rings. The molecule has 0 unspecified atom stereocenters. The summed E-state index contributed by atoms with van der Waals surface area (Å²) in [5.41, 5.74) is 6.76. The van der Waals surface area contributed by atoms with Crippen molar-refractivity contribution in [3.05, 3.63) is 29.3 Å². The molecule has 1 rings (SSSR count). The summed E-state index contributed by atoms with van der Waals surface area (Å²) in [5.74, 6) is -0.152. The van der Waals surface area contributed by atoms with E-state index >= 15 is 0 Å². The second-order valence-electron chi connectivity index (χ2n) is 3.10. The Bertz CT molecular complexity index is 486. The van der Waals surface area contributed by atoms with Crippen molar-refractivity contribution >= 4 is 15.5 Å². The fourth-order valence-electron chi connectivity index (χ4n) is 1.12. The van der Waals surface area contributed by atoms with Crippen LogP contribution in [0.5, 0.6) is 0 Å². The summed E-state index contributed by atoms with van der Waals surface area (Å²) in [7, 11) is -3.13. The number of hydrogen-bond donors (Lipinski definition) is 1. The van der Waals surface area contributed by atoms with E-state index in [1.54, 1.807) is 6.07 Å². The van der Waals surface area contributed by atoms with Gasteiger partial charge in [-0.3, -0.25) is 0 Å². The van der Waals surface area contributed by atoms with Gasteiger partial charge in [0.25, 0.3) is 0 Å². The van der Waals surface area contributed by atoms with Gasteiger partial charge < -0.3 is 5.73 Å². The monoisotopic (exact) mass is 210 g/mol. The van der Waals surface area contributed by atoms with Gasteiger partial charge >= 0.3 is 0 Å². The molecule has 0 saturated carbocycles. The highest BCUT2D eigenvalue weighted by atomic mass is 32.2. The summed E-state index contributed by atoms with van der Waals surface area (Å²) >= 11 is 0. The molecule has 1 aromatic carbocycles. The second-order valence-corrected chi connectivity index (χ2v) is 5.24. The van der Waals surface area contributed by atoms with Gasteiger partial charge in [-0.05, 0) is 23.8 Å². The summed E-state index contributed by atoms with van der Waals surface area (Å²) in [6, 6.07) is 6.54. The number of rotatable bonds is 2. The summed E-state index contributed by atoms with van der Waals surface area (Å²) in [6.45, 7) is 0. The molecule has 1 aromatic rings. The molecule has 0 aliphatic rings. The number of nitriles is 1. The summed E-state index contributed by atoms with van der Waals surface area (Å²) in [6.07, 6.45) is 1.12. The number of sulfone groups is 1. The van der Waals surface area contributed by atoms with Crippen LogP contribution in [0, 0.1) is 11.3 Å². The van der Waals surface area contributed by atoms with Gasteiger partial charge in [0.15, 0.2) is 9.84 Å². The molecule has 2 N–H and O–H groups in total. The minimum absolute atomic E-state index is 0.152. The smallest absolute Gasteiger partial charge is 0.151 e. The molecule has 74 valence electrons. The lowest BCUT2D eigenvalue weighted by Crippen LogP contribution is -2.03. The summed E-state index contributed by atoms with van der Waals surface area (Å²) in [4.78, 5) is 0. The third-order valence-electron chi connectivity index (χ3n) is 1.67. The van der Waals surface area contributed by atoms with E-state index in [0.717, 1.165) is 6.26 Å². The van der Waals surface area contributed by atoms with Crippen molar-refractivity contribution in [1.82, 2.24) is 0 Å². The lowest BCUT2D eigenvalue weighted by atomic mass is 10.1. The van der Waals surface area contributed by atoms with Crippen LogP contribution < -0.4 is 5.73 Å². The van der Waals surface area contributed by atoms with Crippen molar-refractivity contribution in [2.45, 2.75) is 5.75 Å². The van der Waals surface area contributed by atoms with Crippen LogP contribution in [-0.2, 0) is 15.6 Å². The Hall–Kier alpha value is -1.54. The Morgan fingerprint density at radius 3 is 2.64 bits per heavy atom. The van der Waals surface area contributed by atoms with Gasteiger partial charge in [-0.2, -0.15) is 5.26 Å². The molecule has 0 aliphatic carbocycles. The molecule has 0 spiro atoms. The molecular formula is C9H10N2O2S. The van der Waals surface area contributed by atoms with Crippen molar-refractivity contribution in [2.75, 3.05) is 12.0 Å². The van der Waals surface area contributed by atoms with E-state index in [1.807, 2.05) is 6.07 Å². The molecule has 0 aliphatic heterocycles. The SMILES string of the molecule is CS(=O)(=O)Cc1cc(N)ccc1C#N. The minimum Gasteiger partial charge on any atom is -0.399 e. The molecule has 0 heterocycles. The quantitative estimate of drug-likeness (QED) is 0.728. The predicted octanol–water partition coefficient (Wildman–Crippen LogP) is 0.685. The Balaban J connectivity index is 3.20. The van der Waals surface area contributed by atoms with Gasteiger partial charge in [-0.1, -0.05) is 0 Å². The summed E-state index contributed by atoms with van der Waals surface area (Å²) in [5, 5.41) is 8.72. The largest absolute Gasteiger partial charge is 0.399 e. The van der Waals surface area contributed by atoms with Gasteiger partial charge in [0, 0.05) is 11.9 Å². The van der Waals surface area contributed by atoms with Crippen molar-refractivity contribution in [3.8, 4) is 6.07 Å². The van der Waals surface area contributed by atoms with E-state index in [0.29, 0.717) is 16.8 Å². The molecule has 0 atom stereocenters. The highest BCUT2D eigenvalue weighted by Gasteiger charge is 2.09. The molecule has 4 nitrogen and oxygen atoms in total. The fraction of sp³-hybridized carbons (Fsp3) is 0.222. The highest BCUT2D eigenvalue weighted by molar-refractivity contribution is 7.89. The van der Waals surface area contributed by atoms with Crippen molar-refractivity contribution in [1.29, 1.82) is 5.26 Å². The average molecular weight is 210 g/mol. The lowest BCUT2D eigenvalue weighted by Gasteiger charge is -2.03. The lowest BCUT2D eigenvalue weighted by molar-refractivity contribution is 0.601. The van der Waals surface area contributed by atoms with Crippen LogP contribution in [0.25, 0.3) is 0 Å². The van der Waals surface area contributed by atoms with Crippen LogP contribution in [0.1, 0.15) is 11.1 Å². The summed E-state index contributed by atoms with van der Waals surface area (Å²) < 4.78 is 22.1. The first-order chi connectivity index (χ1) is 6.42. The normalized spacial score (nSPS) is 10.9. The van der Waals surface area contributed by atoms with E-state index in [-0.39, 0.29) is 5.75 Å². The first kappa shape index (κ1) is 10.5. The maximum Gasteiger partial charge on any atom is 0.151 e. The van der Waals surface area contributed by atoms with Crippen molar-refractivity contribution in [3.63, 3.8) is 0 Å². The van der Waals surface area contributed by atoms with Crippen LogP contribution >= 0.6 is 0 Å². The third-order valence-corrected chi connectivity index (χ3v) is 2.50. The Morgan fingerprint density at radius 2 is 2.14 bits per heavy atom. The molecule has 0 saturated heterocycles. The highest BCUT2D eigenvalue weighted by Crippen LogP contribution is 2.15. The van der Waals surface area contributed by atoms with E-state index in [2.05, 4.69) is 0 Å². The van der Waals surface area contributed by atoms with E-state index < -0.39 is 9.84 Å². The number of nitrogens with two attached hydrogens (primary N) is 1. The first-order valence-electron chi connectivity index (χ1n) is 3.88. The fourth-order valence-corrected chi connectivity index (χ4v) is 1.93. The van der Waals surface area contributed by atoms with Crippen LogP contribution in [0.15, 0.2) is 18.2 Å². The zero-order valence-corrected chi connectivity index (χ0v) is 8.50. The molecule has 0 bridgehead atoms. The van der Waals surface area contributed by atoms with E-state index in [9.17, 15) is 8.42 Å². The topological polar surface area (TPSA) is 83.9 Å². The van der Waals surface area contributed by atoms with Gasteiger partial charge in [-0.15, -0.1) is 0 Å². The van der Waals surface area contributed by atoms with Gasteiger partial charge in [0.05, 0.1) is 17.4 Å². The maximum atomic E-state index is 11.0. The number of benzene rings is 1. The number of nitrogens with zero attached hydrogens (tertiary/aromatic N) is 1. The van der Waals surface area contributed by atoms with Crippen LogP contribution in [0.2, 0.25) is 0 Å². The Kier molecular flexibility index (Phi) is 2.77. The molecule has 14 heavy (non-hydrogen) atoms. The average Bonchev–Trinajstić information content (AvgIpc) is 2.01. The zero-order chi connectivity index (χ0) is 10.8. The Morgan fingerprint density at radius 1 is 1.50 bits per heavy atom. The molecular weight excluding hydrogens is 200 g/mol. The van der Waals surface area contributed by atoms with Gasteiger partial charge in [0.1, 0.15) is 0 Å². The maximum absolute atomic E-state index is 11.0. The van der Waals surface area contributed by atoms with Gasteiger partial charge in [-0.25, -0.2) is 8.42 Å². The van der Waals surface area contributed by atoms with Crippen LogP contribution in [0.3, 0.4) is 0 Å². The van der Waals surface area contributed by atoms with Crippen molar-refractivity contribution in [2.24, 2.45) is 0 Å². The van der Waals surface area contributed by atoms with Crippen LogP contribution in [-0.4, -0.2) is 14.7 Å². The third kappa shape index (κ3) is 2.75. The predicted molar refractivity (Wildman–Crippen MR) is 54.1 cm³/mol. The number of anilines is 1. The molecule has 0 aromatic heterocycles. The van der Waals surface area contributed by atoms with Crippen molar-refractivity contribution < 1.29 is 8.42 Å². The van der Waals surface area contributed by atoms with E-state index in [1.165, 1.54) is 12.1 Å². The van der Waals surface area contributed by atoms with Gasteiger partial charge in [0.2, 0.25) is 0 Å². The minimum atomic E-state index is -3.13. The number of nitrogen functional groups attached to an aromatic ring is 1. The molecule has 5 heteroatoms. The Labute approximate surface area is 82.9 Å². The van der Waals surface area contributed by atoms with Crippen LogP contribution in [0.4, 0.5) is 5.69 Å².